The Kier molecular flexibility index (Phi) is 4.06. The molecule has 0 aliphatic rings. The normalized spacial score (nSPS) is 11.1. The fourth-order valence-electron chi connectivity index (χ4n) is 2.31. The van der Waals surface area contributed by atoms with Crippen LogP contribution in [0, 0.1) is 6.92 Å². The van der Waals surface area contributed by atoms with Gasteiger partial charge in [-0.05, 0) is 31.2 Å². The third-order valence-corrected chi connectivity index (χ3v) is 5.02. The first-order valence-electron chi connectivity index (χ1n) is 6.93. The summed E-state index contributed by atoms with van der Waals surface area (Å²) in [6.45, 7) is 3.83. The van der Waals surface area contributed by atoms with Gasteiger partial charge in [-0.2, -0.15) is 0 Å². The van der Waals surface area contributed by atoms with Crippen LogP contribution in [-0.2, 0) is 6.42 Å². The molecule has 0 saturated heterocycles. The van der Waals surface area contributed by atoms with Gasteiger partial charge in [-0.3, -0.25) is 9.69 Å². The fraction of sp³-hybridized carbons (Fsp3) is 0.250. The van der Waals surface area contributed by atoms with Gasteiger partial charge in [0.05, 0.1) is 15.8 Å². The van der Waals surface area contributed by atoms with Gasteiger partial charge in [0, 0.05) is 17.9 Å². The van der Waals surface area contributed by atoms with Crippen molar-refractivity contribution in [1.29, 1.82) is 0 Å². The summed E-state index contributed by atoms with van der Waals surface area (Å²) in [5.41, 5.74) is 1.50. The molecule has 0 bridgehead atoms. The van der Waals surface area contributed by atoms with Crippen LogP contribution < -0.4 is 4.90 Å². The van der Waals surface area contributed by atoms with E-state index in [2.05, 4.69) is 20.9 Å². The van der Waals surface area contributed by atoms with Crippen molar-refractivity contribution < 1.29 is 9.21 Å². The molecule has 3 aromatic rings. The number of benzene rings is 1. The van der Waals surface area contributed by atoms with Gasteiger partial charge in [0.2, 0.25) is 0 Å². The largest absolute Gasteiger partial charge is 0.466 e. The van der Waals surface area contributed by atoms with Crippen molar-refractivity contribution in [3.05, 3.63) is 45.8 Å². The smallest absolute Gasteiger partial charge is 0.263 e. The topological polar surface area (TPSA) is 46.3 Å². The summed E-state index contributed by atoms with van der Waals surface area (Å²) in [7, 11) is 1.75. The number of thiazole rings is 1. The summed E-state index contributed by atoms with van der Waals surface area (Å²) >= 11 is 4.94. The molecule has 3 rings (SSSR count). The number of nitrogens with zero attached hydrogens (tertiary/aromatic N) is 2. The van der Waals surface area contributed by atoms with Gasteiger partial charge in [0.1, 0.15) is 11.5 Å². The lowest BCUT2D eigenvalue weighted by Gasteiger charge is -2.13. The van der Waals surface area contributed by atoms with Gasteiger partial charge in [-0.15, -0.1) is 0 Å². The Bertz CT molecular complexity index is 853. The number of hydrogen-bond donors (Lipinski definition) is 0. The van der Waals surface area contributed by atoms with E-state index < -0.39 is 0 Å². The first kappa shape index (κ1) is 15.2. The SMILES string of the molecule is CCc1oc(C)cc1C(=O)N(C)c1nc2cc(Br)ccc2s1. The van der Waals surface area contributed by atoms with Crippen LogP contribution in [0.5, 0.6) is 0 Å². The molecule has 6 heteroatoms. The maximum Gasteiger partial charge on any atom is 0.263 e. The van der Waals surface area contributed by atoms with E-state index in [0.717, 1.165) is 26.2 Å². The Balaban J connectivity index is 1.97. The highest BCUT2D eigenvalue weighted by molar-refractivity contribution is 9.10. The molecule has 0 N–H and O–H groups in total. The molecule has 2 heterocycles. The van der Waals surface area contributed by atoms with Gasteiger partial charge >= 0.3 is 0 Å². The standard InChI is InChI=1S/C16H15BrN2O2S/c1-4-13-11(7-9(2)21-13)15(20)19(3)16-18-12-8-10(17)5-6-14(12)22-16/h5-8H,4H2,1-3H3. The van der Waals surface area contributed by atoms with Crippen LogP contribution in [0.4, 0.5) is 5.13 Å². The zero-order valence-electron chi connectivity index (χ0n) is 12.5. The van der Waals surface area contributed by atoms with Crippen LogP contribution in [0.3, 0.4) is 0 Å². The molecule has 0 aliphatic carbocycles. The quantitative estimate of drug-likeness (QED) is 0.657. The molecule has 114 valence electrons. The summed E-state index contributed by atoms with van der Waals surface area (Å²) in [5, 5.41) is 0.680. The van der Waals surface area contributed by atoms with Gasteiger partial charge in [-0.1, -0.05) is 34.2 Å². The number of rotatable bonds is 3. The highest BCUT2D eigenvalue weighted by Gasteiger charge is 2.22. The molecule has 0 aliphatic heterocycles. The molecular formula is C16H15BrN2O2S. The molecule has 2 aromatic heterocycles. The van der Waals surface area contributed by atoms with Gasteiger partial charge in [-0.25, -0.2) is 4.98 Å². The van der Waals surface area contributed by atoms with Crippen molar-refractivity contribution >= 4 is 48.5 Å². The fourth-order valence-corrected chi connectivity index (χ4v) is 3.56. The van der Waals surface area contributed by atoms with Crippen molar-refractivity contribution in [2.75, 3.05) is 11.9 Å². The minimum atomic E-state index is -0.0909. The molecule has 0 radical (unpaired) electrons. The van der Waals surface area contributed by atoms with Crippen LogP contribution >= 0.6 is 27.3 Å². The zero-order chi connectivity index (χ0) is 15.9. The molecule has 0 atom stereocenters. The van der Waals surface area contributed by atoms with Gasteiger partial charge < -0.3 is 4.42 Å². The summed E-state index contributed by atoms with van der Waals surface area (Å²) in [6, 6.07) is 7.72. The van der Waals surface area contributed by atoms with E-state index in [1.165, 1.54) is 11.3 Å². The maximum absolute atomic E-state index is 12.7. The maximum atomic E-state index is 12.7. The van der Waals surface area contributed by atoms with Gasteiger partial charge in [0.15, 0.2) is 5.13 Å². The first-order chi connectivity index (χ1) is 10.5. The number of carbonyl (C=O) groups is 1. The number of halogens is 1. The minimum Gasteiger partial charge on any atom is -0.466 e. The Morgan fingerprint density at radius 2 is 2.18 bits per heavy atom. The van der Waals surface area contributed by atoms with E-state index in [1.54, 1.807) is 18.0 Å². The molecule has 22 heavy (non-hydrogen) atoms. The number of fused-ring (bicyclic) bond motifs is 1. The average molecular weight is 379 g/mol. The van der Waals surface area contributed by atoms with Crippen molar-refractivity contribution in [3.63, 3.8) is 0 Å². The summed E-state index contributed by atoms with van der Waals surface area (Å²) in [6.07, 6.45) is 0.690. The lowest BCUT2D eigenvalue weighted by Crippen LogP contribution is -2.26. The van der Waals surface area contributed by atoms with E-state index in [0.29, 0.717) is 17.1 Å². The Labute approximate surface area is 140 Å². The number of carbonyl (C=O) groups excluding carboxylic acids is 1. The molecule has 0 unspecified atom stereocenters. The Hall–Kier alpha value is -1.66. The minimum absolute atomic E-state index is 0.0909. The van der Waals surface area contributed by atoms with Crippen molar-refractivity contribution in [2.24, 2.45) is 0 Å². The number of hydrogen-bond acceptors (Lipinski definition) is 4. The second-order valence-corrected chi connectivity index (χ2v) is 6.94. The second-order valence-electron chi connectivity index (χ2n) is 5.02. The highest BCUT2D eigenvalue weighted by Crippen LogP contribution is 2.31. The predicted octanol–water partition coefficient (Wildman–Crippen LogP) is 4.80. The highest BCUT2D eigenvalue weighted by atomic mass is 79.9. The van der Waals surface area contributed by atoms with E-state index >= 15 is 0 Å². The molecule has 0 spiro atoms. The van der Waals surface area contributed by atoms with Crippen LogP contribution in [0.15, 0.2) is 33.2 Å². The number of amides is 1. The average Bonchev–Trinajstić information content (AvgIpc) is 3.08. The van der Waals surface area contributed by atoms with Crippen LogP contribution in [0.1, 0.15) is 28.8 Å². The lowest BCUT2D eigenvalue weighted by molar-refractivity contribution is 0.0991. The van der Waals surface area contributed by atoms with Crippen molar-refractivity contribution in [1.82, 2.24) is 4.98 Å². The molecule has 0 saturated carbocycles. The second kappa shape index (κ2) is 5.85. The van der Waals surface area contributed by atoms with E-state index in [4.69, 9.17) is 4.42 Å². The molecular weight excluding hydrogens is 364 g/mol. The van der Waals surface area contributed by atoms with E-state index in [1.807, 2.05) is 32.0 Å². The monoisotopic (exact) mass is 378 g/mol. The number of anilines is 1. The van der Waals surface area contributed by atoms with Crippen molar-refractivity contribution in [2.45, 2.75) is 20.3 Å². The Morgan fingerprint density at radius 3 is 2.91 bits per heavy atom. The summed E-state index contributed by atoms with van der Waals surface area (Å²) < 4.78 is 7.60. The third kappa shape index (κ3) is 2.68. The summed E-state index contributed by atoms with van der Waals surface area (Å²) in [5.74, 6) is 1.38. The number of aryl methyl sites for hydroxylation is 2. The van der Waals surface area contributed by atoms with Gasteiger partial charge in [0.25, 0.3) is 5.91 Å². The predicted molar refractivity (Wildman–Crippen MR) is 92.9 cm³/mol. The number of aromatic nitrogens is 1. The first-order valence-corrected chi connectivity index (χ1v) is 8.54. The molecule has 0 fully saturated rings. The Morgan fingerprint density at radius 1 is 1.41 bits per heavy atom. The van der Waals surface area contributed by atoms with Crippen LogP contribution in [-0.4, -0.2) is 17.9 Å². The van der Waals surface area contributed by atoms with E-state index in [9.17, 15) is 4.79 Å². The summed E-state index contributed by atoms with van der Waals surface area (Å²) in [4.78, 5) is 18.8. The third-order valence-electron chi connectivity index (χ3n) is 3.41. The van der Waals surface area contributed by atoms with E-state index in [-0.39, 0.29) is 5.91 Å². The van der Waals surface area contributed by atoms with Crippen LogP contribution in [0.2, 0.25) is 0 Å². The molecule has 4 nitrogen and oxygen atoms in total. The van der Waals surface area contributed by atoms with Crippen molar-refractivity contribution in [3.8, 4) is 0 Å². The number of furan rings is 1. The molecule has 1 amide bonds. The molecule has 1 aromatic carbocycles. The lowest BCUT2D eigenvalue weighted by atomic mass is 10.2. The van der Waals surface area contributed by atoms with Crippen LogP contribution in [0.25, 0.3) is 10.2 Å². The zero-order valence-corrected chi connectivity index (χ0v) is 14.9.